The molecule has 0 aromatic heterocycles. The third-order valence-electron chi connectivity index (χ3n) is 10.8. The van der Waals surface area contributed by atoms with Crippen molar-refractivity contribution in [2.75, 3.05) is 4.90 Å². The van der Waals surface area contributed by atoms with Crippen molar-refractivity contribution in [1.29, 1.82) is 0 Å². The summed E-state index contributed by atoms with van der Waals surface area (Å²) in [6.07, 6.45) is 0. The zero-order valence-corrected chi connectivity index (χ0v) is 26.2. The van der Waals surface area contributed by atoms with Gasteiger partial charge in [-0.2, -0.15) is 0 Å². The number of anilines is 3. The van der Waals surface area contributed by atoms with Gasteiger partial charge in [-0.15, -0.1) is 0 Å². The van der Waals surface area contributed by atoms with Crippen molar-refractivity contribution in [3.05, 3.63) is 170 Å². The van der Waals surface area contributed by atoms with E-state index in [2.05, 4.69) is 175 Å². The Kier molecular flexibility index (Phi) is 5.26. The summed E-state index contributed by atoms with van der Waals surface area (Å²) in [5.74, 6) is 0. The van der Waals surface area contributed by atoms with Crippen LogP contribution >= 0.6 is 0 Å². The van der Waals surface area contributed by atoms with Crippen LogP contribution in [-0.2, 0) is 0 Å². The maximum absolute atomic E-state index is 2.54. The summed E-state index contributed by atoms with van der Waals surface area (Å²) >= 11 is 0. The molecule has 2 aliphatic heterocycles. The van der Waals surface area contributed by atoms with Crippen LogP contribution in [0.5, 0.6) is 0 Å². The van der Waals surface area contributed by atoms with Crippen molar-refractivity contribution in [2.45, 2.75) is 0 Å². The molecule has 0 saturated heterocycles. The zero-order valence-electron chi connectivity index (χ0n) is 26.2. The van der Waals surface area contributed by atoms with Gasteiger partial charge in [-0.25, -0.2) is 0 Å². The van der Waals surface area contributed by atoms with Crippen LogP contribution in [-0.4, -0.2) is 6.71 Å². The Balaban J connectivity index is 1.14. The Morgan fingerprint density at radius 3 is 1.85 bits per heavy atom. The predicted octanol–water partition coefficient (Wildman–Crippen LogP) is 10.2. The molecule has 0 N–H and O–H groups in total. The minimum absolute atomic E-state index is 0.169. The summed E-state index contributed by atoms with van der Waals surface area (Å²) in [5, 5.41) is 7.87. The van der Waals surface area contributed by atoms with Gasteiger partial charge in [0, 0.05) is 16.8 Å². The van der Waals surface area contributed by atoms with Crippen molar-refractivity contribution in [1.82, 2.24) is 0 Å². The lowest BCUT2D eigenvalue weighted by Gasteiger charge is -2.36. The quantitative estimate of drug-likeness (QED) is 0.143. The molecule has 0 saturated carbocycles. The van der Waals surface area contributed by atoms with Crippen LogP contribution in [0.1, 0.15) is 0 Å². The lowest BCUT2D eigenvalue weighted by molar-refractivity contribution is 1.31. The molecule has 0 fully saturated rings. The Bertz CT molecular complexity index is 2730. The van der Waals surface area contributed by atoms with Crippen molar-refractivity contribution < 1.29 is 0 Å². The van der Waals surface area contributed by atoms with Crippen LogP contribution in [0.25, 0.3) is 65.7 Å². The summed E-state index contributed by atoms with van der Waals surface area (Å²) in [7, 11) is 0. The SMILES string of the molecule is c1ccc(-c2ccccc2-c2ccc3c(c2)B2c4ccccc4N(c4ccc5ccc6cccc7ccc4c5c67)c4cccc-3c42)cc1. The highest BCUT2D eigenvalue weighted by Gasteiger charge is 2.42. The molecule has 220 valence electrons. The molecule has 9 aromatic rings. The van der Waals surface area contributed by atoms with E-state index in [1.165, 1.54) is 99.1 Å². The molecule has 48 heavy (non-hydrogen) atoms. The summed E-state index contributed by atoms with van der Waals surface area (Å²) in [6.45, 7) is 0.169. The molecule has 11 rings (SSSR count). The van der Waals surface area contributed by atoms with Gasteiger partial charge in [-0.1, -0.05) is 157 Å². The number of fused-ring (bicyclic) bond motifs is 5. The van der Waals surface area contributed by atoms with Gasteiger partial charge in [0.25, 0.3) is 0 Å². The molecule has 0 aliphatic carbocycles. The van der Waals surface area contributed by atoms with Crippen LogP contribution in [0, 0.1) is 0 Å². The van der Waals surface area contributed by atoms with Gasteiger partial charge in [-0.3, -0.25) is 0 Å². The van der Waals surface area contributed by atoms with E-state index in [1.807, 2.05) is 0 Å². The Hall–Kier alpha value is -6.12. The van der Waals surface area contributed by atoms with Gasteiger partial charge in [-0.05, 0) is 89.4 Å². The van der Waals surface area contributed by atoms with Crippen molar-refractivity contribution in [2.24, 2.45) is 0 Å². The summed E-state index contributed by atoms with van der Waals surface area (Å²) in [5.41, 5.74) is 15.6. The highest BCUT2D eigenvalue weighted by atomic mass is 15.2. The molecule has 0 spiro atoms. The largest absolute Gasteiger partial charge is 0.311 e. The monoisotopic (exact) mass is 605 g/mol. The molecular weight excluding hydrogens is 577 g/mol. The first-order chi connectivity index (χ1) is 23.8. The molecule has 2 heteroatoms. The third-order valence-corrected chi connectivity index (χ3v) is 10.8. The maximum atomic E-state index is 2.54. The number of para-hydroxylation sites is 1. The Morgan fingerprint density at radius 1 is 0.354 bits per heavy atom. The van der Waals surface area contributed by atoms with E-state index in [4.69, 9.17) is 0 Å². The van der Waals surface area contributed by atoms with E-state index in [0.717, 1.165) is 0 Å². The topological polar surface area (TPSA) is 3.24 Å². The summed E-state index contributed by atoms with van der Waals surface area (Å²) in [4.78, 5) is 2.54. The fourth-order valence-electron chi connectivity index (χ4n) is 8.82. The normalized spacial score (nSPS) is 12.9. The van der Waals surface area contributed by atoms with Gasteiger partial charge in [0.05, 0.1) is 5.69 Å². The zero-order chi connectivity index (χ0) is 31.3. The van der Waals surface area contributed by atoms with E-state index in [9.17, 15) is 0 Å². The second-order valence-electron chi connectivity index (χ2n) is 13.2. The highest BCUT2D eigenvalue weighted by Crippen LogP contribution is 2.46. The van der Waals surface area contributed by atoms with E-state index in [-0.39, 0.29) is 6.71 Å². The van der Waals surface area contributed by atoms with Crippen LogP contribution < -0.4 is 21.3 Å². The van der Waals surface area contributed by atoms with Gasteiger partial charge >= 0.3 is 0 Å². The van der Waals surface area contributed by atoms with Crippen molar-refractivity contribution in [3.8, 4) is 33.4 Å². The minimum Gasteiger partial charge on any atom is -0.311 e. The molecule has 0 unspecified atom stereocenters. The first-order valence-electron chi connectivity index (χ1n) is 16.8. The fourth-order valence-corrected chi connectivity index (χ4v) is 8.82. The molecule has 9 aromatic carbocycles. The second kappa shape index (κ2) is 9.70. The molecule has 2 heterocycles. The maximum Gasteiger partial charge on any atom is 0.248 e. The van der Waals surface area contributed by atoms with E-state index in [1.54, 1.807) is 0 Å². The molecule has 2 aliphatic rings. The Morgan fingerprint density at radius 2 is 1.00 bits per heavy atom. The first kappa shape index (κ1) is 26.0. The van der Waals surface area contributed by atoms with Gasteiger partial charge in [0.15, 0.2) is 0 Å². The van der Waals surface area contributed by atoms with Crippen LogP contribution in [0.15, 0.2) is 170 Å². The average molecular weight is 606 g/mol. The molecule has 1 nitrogen and oxygen atoms in total. The number of hydrogen-bond donors (Lipinski definition) is 0. The molecule has 0 amide bonds. The lowest BCUT2D eigenvalue weighted by Crippen LogP contribution is -2.54. The lowest BCUT2D eigenvalue weighted by atomic mass is 9.37. The first-order valence-corrected chi connectivity index (χ1v) is 16.8. The van der Waals surface area contributed by atoms with E-state index in [0.29, 0.717) is 0 Å². The van der Waals surface area contributed by atoms with Crippen LogP contribution in [0.4, 0.5) is 17.1 Å². The molecule has 0 bridgehead atoms. The van der Waals surface area contributed by atoms with Gasteiger partial charge in [0.1, 0.15) is 0 Å². The highest BCUT2D eigenvalue weighted by molar-refractivity contribution is 7.01. The fraction of sp³-hybridized carbons (Fsp3) is 0. The van der Waals surface area contributed by atoms with Crippen molar-refractivity contribution >= 4 is 72.5 Å². The molecule has 0 radical (unpaired) electrons. The van der Waals surface area contributed by atoms with E-state index >= 15 is 0 Å². The standard InChI is InChI=1S/C46H28BN/c1-2-10-29(11-3-1)34-14-4-5-15-35(34)33-23-25-36-37-16-9-19-43-46(37)47(40(36)28-33)39-17-6-7-18-42(39)48(43)41-27-24-32-21-20-30-12-8-13-31-22-26-38(41)45(32)44(30)31/h1-28H. The smallest absolute Gasteiger partial charge is 0.248 e. The van der Waals surface area contributed by atoms with Gasteiger partial charge in [0.2, 0.25) is 6.71 Å². The second-order valence-corrected chi connectivity index (χ2v) is 13.2. The summed E-state index contributed by atoms with van der Waals surface area (Å²) in [6, 6.07) is 63.1. The van der Waals surface area contributed by atoms with E-state index < -0.39 is 0 Å². The number of rotatable bonds is 3. The van der Waals surface area contributed by atoms with Crippen LogP contribution in [0.3, 0.4) is 0 Å². The summed E-state index contributed by atoms with van der Waals surface area (Å²) < 4.78 is 0. The average Bonchev–Trinajstić information content (AvgIpc) is 3.49. The van der Waals surface area contributed by atoms with Gasteiger partial charge < -0.3 is 4.90 Å². The Labute approximate surface area is 279 Å². The predicted molar refractivity (Wildman–Crippen MR) is 206 cm³/mol. The van der Waals surface area contributed by atoms with Crippen molar-refractivity contribution in [3.63, 3.8) is 0 Å². The number of nitrogens with zero attached hydrogens (tertiary/aromatic N) is 1. The number of hydrogen-bond acceptors (Lipinski definition) is 1. The molecule has 0 atom stereocenters. The molecular formula is C46H28BN. The van der Waals surface area contributed by atoms with Crippen LogP contribution in [0.2, 0.25) is 0 Å². The third kappa shape index (κ3) is 3.47. The minimum atomic E-state index is 0.169. The number of benzene rings is 9.